The summed E-state index contributed by atoms with van der Waals surface area (Å²) < 4.78 is 53.3. The minimum absolute atomic E-state index is 0.0786. The zero-order valence-electron chi connectivity index (χ0n) is 13.8. The van der Waals surface area contributed by atoms with E-state index in [4.69, 9.17) is 0 Å². The van der Waals surface area contributed by atoms with Crippen LogP contribution in [0.2, 0.25) is 0 Å². The van der Waals surface area contributed by atoms with Gasteiger partial charge in [0.1, 0.15) is 0 Å². The van der Waals surface area contributed by atoms with Crippen LogP contribution >= 0.6 is 11.3 Å². The van der Waals surface area contributed by atoms with Crippen LogP contribution in [0.4, 0.5) is 0 Å². The molecule has 0 saturated heterocycles. The average molecular weight is 390 g/mol. The molecule has 0 spiro atoms. The summed E-state index contributed by atoms with van der Waals surface area (Å²) in [5.41, 5.74) is 0.813. The third-order valence-corrected chi connectivity index (χ3v) is 8.29. The fourth-order valence-corrected chi connectivity index (χ4v) is 5.75. The van der Waals surface area contributed by atoms with Crippen molar-refractivity contribution in [2.45, 2.75) is 29.5 Å². The molecule has 0 atom stereocenters. The van der Waals surface area contributed by atoms with Gasteiger partial charge < -0.3 is 0 Å². The van der Waals surface area contributed by atoms with E-state index in [1.807, 2.05) is 0 Å². The third kappa shape index (κ3) is 3.83. The first-order chi connectivity index (χ1) is 11.1. The molecular formula is C14H19N3O4S3. The summed E-state index contributed by atoms with van der Waals surface area (Å²) in [5.74, 6) is 0. The second-order valence-electron chi connectivity index (χ2n) is 5.33. The van der Waals surface area contributed by atoms with Crippen molar-refractivity contribution in [1.29, 1.82) is 0 Å². The average Bonchev–Trinajstić information content (AvgIpc) is 2.85. The molecule has 0 aliphatic heterocycles. The number of aryl methyl sites for hydroxylation is 2. The maximum Gasteiger partial charge on any atom is 0.252 e. The molecule has 2 aromatic rings. The van der Waals surface area contributed by atoms with E-state index in [0.29, 0.717) is 16.3 Å². The monoisotopic (exact) mass is 389 g/mol. The standard InChI is InChI=1S/C14H19N3O4S3/c1-10-14(22-11(2)16-10)23(18,19)15-9-12-7-5-6-8-13(12)24(20,21)17(3)4/h5-8,15H,9H2,1-4H3. The summed E-state index contributed by atoms with van der Waals surface area (Å²) in [6, 6.07) is 6.32. The van der Waals surface area contributed by atoms with Gasteiger partial charge in [-0.3, -0.25) is 0 Å². The van der Waals surface area contributed by atoms with Gasteiger partial charge in [0, 0.05) is 20.6 Å². The molecule has 0 saturated carbocycles. The molecule has 0 unspecified atom stereocenters. The van der Waals surface area contributed by atoms with Gasteiger partial charge in [0.2, 0.25) is 10.0 Å². The van der Waals surface area contributed by atoms with Gasteiger partial charge in [0.05, 0.1) is 15.6 Å². The lowest BCUT2D eigenvalue weighted by Gasteiger charge is -2.15. The summed E-state index contributed by atoms with van der Waals surface area (Å²) >= 11 is 1.08. The van der Waals surface area contributed by atoms with E-state index in [1.165, 1.54) is 20.2 Å². The molecule has 0 aliphatic rings. The predicted molar refractivity (Wildman–Crippen MR) is 92.9 cm³/mol. The number of aromatic nitrogens is 1. The second kappa shape index (κ2) is 6.89. The Bertz CT molecular complexity index is 947. The number of benzene rings is 1. The lowest BCUT2D eigenvalue weighted by molar-refractivity contribution is 0.519. The van der Waals surface area contributed by atoms with E-state index in [-0.39, 0.29) is 15.6 Å². The molecule has 0 bridgehead atoms. The van der Waals surface area contributed by atoms with Gasteiger partial charge in [-0.15, -0.1) is 11.3 Å². The Hall–Kier alpha value is -1.33. The summed E-state index contributed by atoms with van der Waals surface area (Å²) in [6.45, 7) is 3.24. The molecule has 132 valence electrons. The third-order valence-electron chi connectivity index (χ3n) is 3.29. The van der Waals surface area contributed by atoms with E-state index < -0.39 is 20.0 Å². The van der Waals surface area contributed by atoms with Crippen LogP contribution in [-0.2, 0) is 26.6 Å². The normalized spacial score (nSPS) is 12.7. The van der Waals surface area contributed by atoms with Gasteiger partial charge in [-0.25, -0.2) is 30.8 Å². The zero-order chi connectivity index (χ0) is 18.1. The lowest BCUT2D eigenvalue weighted by atomic mass is 10.2. The van der Waals surface area contributed by atoms with E-state index in [0.717, 1.165) is 15.6 Å². The molecule has 1 aromatic carbocycles. The Morgan fingerprint density at radius 1 is 1.12 bits per heavy atom. The number of nitrogens with one attached hydrogen (secondary N) is 1. The van der Waals surface area contributed by atoms with Crippen molar-refractivity contribution in [2.24, 2.45) is 0 Å². The number of thiazole rings is 1. The first-order valence-electron chi connectivity index (χ1n) is 7.00. The lowest BCUT2D eigenvalue weighted by Crippen LogP contribution is -2.27. The first-order valence-corrected chi connectivity index (χ1v) is 10.7. The molecule has 24 heavy (non-hydrogen) atoms. The maximum absolute atomic E-state index is 12.4. The second-order valence-corrected chi connectivity index (χ2v) is 10.6. The predicted octanol–water partition coefficient (Wildman–Crippen LogP) is 1.49. The molecule has 0 fully saturated rings. The number of nitrogens with zero attached hydrogens (tertiary/aromatic N) is 2. The maximum atomic E-state index is 12.4. The van der Waals surface area contributed by atoms with Crippen molar-refractivity contribution in [3.8, 4) is 0 Å². The highest BCUT2D eigenvalue weighted by Gasteiger charge is 2.24. The molecule has 2 rings (SSSR count). The molecule has 1 aromatic heterocycles. The van der Waals surface area contributed by atoms with E-state index in [2.05, 4.69) is 9.71 Å². The number of rotatable bonds is 6. The molecule has 0 amide bonds. The summed E-state index contributed by atoms with van der Waals surface area (Å²) in [5, 5.41) is 0.656. The summed E-state index contributed by atoms with van der Waals surface area (Å²) in [4.78, 5) is 4.19. The van der Waals surface area contributed by atoms with Crippen LogP contribution in [0.3, 0.4) is 0 Å². The highest BCUT2D eigenvalue weighted by molar-refractivity contribution is 7.91. The largest absolute Gasteiger partial charge is 0.252 e. The van der Waals surface area contributed by atoms with E-state index in [1.54, 1.807) is 32.0 Å². The van der Waals surface area contributed by atoms with Gasteiger partial charge in [0.15, 0.2) is 4.21 Å². The smallest absolute Gasteiger partial charge is 0.245 e. The van der Waals surface area contributed by atoms with Gasteiger partial charge in [0.25, 0.3) is 10.0 Å². The Kier molecular flexibility index (Phi) is 5.45. The van der Waals surface area contributed by atoms with Crippen molar-refractivity contribution in [2.75, 3.05) is 14.1 Å². The molecule has 10 heteroatoms. The van der Waals surface area contributed by atoms with Crippen LogP contribution in [0.5, 0.6) is 0 Å². The van der Waals surface area contributed by atoms with Crippen molar-refractivity contribution in [1.82, 2.24) is 14.0 Å². The van der Waals surface area contributed by atoms with Crippen LogP contribution in [0.15, 0.2) is 33.4 Å². The summed E-state index contributed by atoms with van der Waals surface area (Å²) in [7, 11) is -4.55. The minimum Gasteiger partial charge on any atom is -0.245 e. The molecule has 7 nitrogen and oxygen atoms in total. The molecule has 0 aliphatic carbocycles. The number of hydrogen-bond acceptors (Lipinski definition) is 6. The van der Waals surface area contributed by atoms with Crippen LogP contribution in [0.1, 0.15) is 16.3 Å². The quantitative estimate of drug-likeness (QED) is 0.807. The van der Waals surface area contributed by atoms with Crippen molar-refractivity contribution in [3.05, 3.63) is 40.5 Å². The highest BCUT2D eigenvalue weighted by atomic mass is 32.2. The van der Waals surface area contributed by atoms with Gasteiger partial charge in [-0.2, -0.15) is 0 Å². The van der Waals surface area contributed by atoms with E-state index in [9.17, 15) is 16.8 Å². The van der Waals surface area contributed by atoms with Crippen LogP contribution in [0.25, 0.3) is 0 Å². The first kappa shape index (κ1) is 19.0. The molecular weight excluding hydrogens is 370 g/mol. The van der Waals surface area contributed by atoms with Crippen molar-refractivity contribution < 1.29 is 16.8 Å². The zero-order valence-corrected chi connectivity index (χ0v) is 16.2. The van der Waals surface area contributed by atoms with Crippen LogP contribution < -0.4 is 4.72 Å². The van der Waals surface area contributed by atoms with Gasteiger partial charge in [-0.05, 0) is 25.5 Å². The van der Waals surface area contributed by atoms with Crippen molar-refractivity contribution in [3.63, 3.8) is 0 Å². The van der Waals surface area contributed by atoms with E-state index >= 15 is 0 Å². The Balaban J connectivity index is 2.32. The SMILES string of the molecule is Cc1nc(C)c(S(=O)(=O)NCc2ccccc2S(=O)(=O)N(C)C)s1. The molecule has 1 heterocycles. The van der Waals surface area contributed by atoms with Crippen LogP contribution in [-0.4, -0.2) is 40.2 Å². The Morgan fingerprint density at radius 2 is 1.75 bits per heavy atom. The number of sulfonamides is 2. The molecule has 1 N–H and O–H groups in total. The van der Waals surface area contributed by atoms with Gasteiger partial charge in [-0.1, -0.05) is 18.2 Å². The summed E-state index contributed by atoms with van der Waals surface area (Å²) in [6.07, 6.45) is 0. The fraction of sp³-hybridized carbons (Fsp3) is 0.357. The Labute approximate surface area is 146 Å². The fourth-order valence-electron chi connectivity index (χ4n) is 2.10. The highest BCUT2D eigenvalue weighted by Crippen LogP contribution is 2.24. The molecule has 0 radical (unpaired) electrons. The minimum atomic E-state index is -3.75. The topological polar surface area (TPSA) is 96.4 Å². The number of hydrogen-bond donors (Lipinski definition) is 1. The Morgan fingerprint density at radius 3 is 2.29 bits per heavy atom. The van der Waals surface area contributed by atoms with Crippen LogP contribution in [0, 0.1) is 13.8 Å². The van der Waals surface area contributed by atoms with Gasteiger partial charge >= 0.3 is 0 Å². The van der Waals surface area contributed by atoms with Crippen molar-refractivity contribution >= 4 is 31.4 Å².